The molecular weight excluding hydrogens is 228 g/mol. The molecule has 3 heteroatoms. The maximum Gasteiger partial charge on any atom is 0.331 e. The molecule has 3 nitrogen and oxygen atoms in total. The van der Waals surface area contributed by atoms with Gasteiger partial charge in [0.15, 0.2) is 5.78 Å². The number of hydrogen-bond donors (Lipinski definition) is 0. The molecule has 0 aliphatic rings. The van der Waals surface area contributed by atoms with Crippen molar-refractivity contribution >= 4 is 17.8 Å². The van der Waals surface area contributed by atoms with Crippen LogP contribution in [0, 0.1) is 0 Å². The number of allylic oxidation sites excluding steroid dienone is 1. The van der Waals surface area contributed by atoms with Gasteiger partial charge < -0.3 is 4.74 Å². The normalized spacial score (nSPS) is 11.6. The zero-order chi connectivity index (χ0) is 13.4. The van der Waals surface area contributed by atoms with Crippen LogP contribution in [0.3, 0.4) is 0 Å². The number of ether oxygens (including phenoxy) is 1. The average molecular weight is 244 g/mol. The highest BCUT2D eigenvalue weighted by Crippen LogP contribution is 2.01. The van der Waals surface area contributed by atoms with Gasteiger partial charge in [-0.1, -0.05) is 36.4 Å². The second-order valence-corrected chi connectivity index (χ2v) is 3.83. The predicted molar refractivity (Wildman–Crippen MR) is 70.9 cm³/mol. The second-order valence-electron chi connectivity index (χ2n) is 3.83. The molecule has 0 fully saturated rings. The third kappa shape index (κ3) is 5.25. The van der Waals surface area contributed by atoms with Gasteiger partial charge in [-0.2, -0.15) is 0 Å². The summed E-state index contributed by atoms with van der Waals surface area (Å²) in [5, 5.41) is 0. The first-order valence-electron chi connectivity index (χ1n) is 5.67. The molecule has 1 rings (SSSR count). The molecule has 1 aromatic carbocycles. The quantitative estimate of drug-likeness (QED) is 0.591. The van der Waals surface area contributed by atoms with Crippen molar-refractivity contribution in [3.63, 3.8) is 0 Å². The lowest BCUT2D eigenvalue weighted by Crippen LogP contribution is -2.03. The molecule has 0 radical (unpaired) electrons. The van der Waals surface area contributed by atoms with Crippen molar-refractivity contribution in [2.75, 3.05) is 6.61 Å². The molecule has 0 N–H and O–H groups in total. The van der Waals surface area contributed by atoms with E-state index in [0.29, 0.717) is 5.57 Å². The minimum absolute atomic E-state index is 0.133. The summed E-state index contributed by atoms with van der Waals surface area (Å²) in [5.74, 6) is -0.632. The third-order valence-corrected chi connectivity index (χ3v) is 2.32. The predicted octanol–water partition coefficient (Wildman–Crippen LogP) is 2.78. The van der Waals surface area contributed by atoms with Gasteiger partial charge >= 0.3 is 5.97 Å². The highest BCUT2D eigenvalue weighted by atomic mass is 16.5. The Hall–Kier alpha value is -2.16. The summed E-state index contributed by atoms with van der Waals surface area (Å²) in [4.78, 5) is 22.2. The van der Waals surface area contributed by atoms with Crippen LogP contribution in [0.5, 0.6) is 0 Å². The zero-order valence-corrected chi connectivity index (χ0v) is 10.6. The van der Waals surface area contributed by atoms with Gasteiger partial charge in [0, 0.05) is 6.08 Å². The Bertz CT molecular complexity index is 470. The molecule has 0 atom stereocenters. The molecule has 0 bridgehead atoms. The van der Waals surface area contributed by atoms with Gasteiger partial charge in [0.25, 0.3) is 0 Å². The fourth-order valence-corrected chi connectivity index (χ4v) is 1.20. The fraction of sp³-hybridized carbons (Fsp3) is 0.200. The van der Waals surface area contributed by atoms with E-state index < -0.39 is 5.97 Å². The molecule has 0 saturated heterocycles. The number of Topliss-reactive ketones (excluding diaryl/α,β-unsaturated/α-hetero) is 1. The van der Waals surface area contributed by atoms with E-state index in [1.54, 1.807) is 13.0 Å². The lowest BCUT2D eigenvalue weighted by molar-refractivity contribution is -0.136. The van der Waals surface area contributed by atoms with Gasteiger partial charge in [0.05, 0.1) is 0 Å². The Morgan fingerprint density at radius 1 is 1.17 bits per heavy atom. The average Bonchev–Trinajstić information content (AvgIpc) is 2.35. The fourth-order valence-electron chi connectivity index (χ4n) is 1.20. The molecule has 18 heavy (non-hydrogen) atoms. The Morgan fingerprint density at radius 2 is 1.83 bits per heavy atom. The highest BCUT2D eigenvalue weighted by Gasteiger charge is 2.01. The van der Waals surface area contributed by atoms with Crippen molar-refractivity contribution in [1.82, 2.24) is 0 Å². The summed E-state index contributed by atoms with van der Waals surface area (Å²) < 4.78 is 4.93. The lowest BCUT2D eigenvalue weighted by atomic mass is 10.2. The van der Waals surface area contributed by atoms with Crippen LogP contribution in [-0.4, -0.2) is 18.4 Å². The van der Waals surface area contributed by atoms with Crippen LogP contribution in [0.1, 0.15) is 19.4 Å². The maximum atomic E-state index is 11.3. The number of benzene rings is 1. The molecule has 0 aliphatic heterocycles. The van der Waals surface area contributed by atoms with E-state index in [1.165, 1.54) is 13.0 Å². The van der Waals surface area contributed by atoms with Crippen molar-refractivity contribution < 1.29 is 14.3 Å². The summed E-state index contributed by atoms with van der Waals surface area (Å²) in [5.41, 5.74) is 1.44. The van der Waals surface area contributed by atoms with Crippen LogP contribution in [-0.2, 0) is 14.3 Å². The molecule has 0 aliphatic carbocycles. The van der Waals surface area contributed by atoms with Crippen LogP contribution in [0.25, 0.3) is 6.08 Å². The van der Waals surface area contributed by atoms with Crippen LogP contribution in [0.4, 0.5) is 0 Å². The maximum absolute atomic E-state index is 11.3. The van der Waals surface area contributed by atoms with Crippen LogP contribution < -0.4 is 0 Å². The molecule has 0 spiro atoms. The number of carbonyl (C=O) groups is 2. The number of hydrogen-bond acceptors (Lipinski definition) is 3. The van der Waals surface area contributed by atoms with Crippen molar-refractivity contribution in [3.8, 4) is 0 Å². The van der Waals surface area contributed by atoms with E-state index in [9.17, 15) is 9.59 Å². The first-order chi connectivity index (χ1) is 8.59. The van der Waals surface area contributed by atoms with Gasteiger partial charge in [0.2, 0.25) is 0 Å². The van der Waals surface area contributed by atoms with Gasteiger partial charge in [-0.25, -0.2) is 4.79 Å². The minimum atomic E-state index is -0.500. The minimum Gasteiger partial charge on any atom is -0.458 e. The molecule has 0 aromatic heterocycles. The Kier molecular flexibility index (Phi) is 5.58. The summed E-state index contributed by atoms with van der Waals surface area (Å²) in [6.45, 7) is 3.19. The Balaban J connectivity index is 2.39. The molecule has 0 heterocycles. The van der Waals surface area contributed by atoms with E-state index in [-0.39, 0.29) is 12.4 Å². The van der Waals surface area contributed by atoms with E-state index >= 15 is 0 Å². The van der Waals surface area contributed by atoms with Crippen LogP contribution in [0.15, 0.2) is 48.1 Å². The van der Waals surface area contributed by atoms with Gasteiger partial charge in [-0.15, -0.1) is 0 Å². The third-order valence-electron chi connectivity index (χ3n) is 2.32. The standard InChI is InChI=1S/C15H16O3/c1-12(13(2)16)11-15(17)18-10-6-9-14-7-4-3-5-8-14/h3-9,11H,10H2,1-2H3/b9-6+,12-11+. The van der Waals surface area contributed by atoms with Crippen LogP contribution >= 0.6 is 0 Å². The van der Waals surface area contributed by atoms with Gasteiger partial charge in [0.1, 0.15) is 6.61 Å². The first kappa shape index (κ1) is 13.9. The second kappa shape index (κ2) is 7.22. The van der Waals surface area contributed by atoms with E-state index in [4.69, 9.17) is 4.74 Å². The summed E-state index contributed by atoms with van der Waals surface area (Å²) in [6.07, 6.45) is 4.83. The van der Waals surface area contributed by atoms with E-state index in [2.05, 4.69) is 0 Å². The molecule has 0 amide bonds. The number of rotatable bonds is 5. The SMILES string of the molecule is CC(=O)/C(C)=C/C(=O)OC/C=C/c1ccccc1. The summed E-state index contributed by atoms with van der Waals surface area (Å²) >= 11 is 0. The Labute approximate surface area is 107 Å². The number of esters is 1. The molecular formula is C15H16O3. The Morgan fingerprint density at radius 3 is 2.44 bits per heavy atom. The molecule has 0 saturated carbocycles. The molecule has 1 aromatic rings. The number of ketones is 1. The topological polar surface area (TPSA) is 43.4 Å². The smallest absolute Gasteiger partial charge is 0.331 e. The highest BCUT2D eigenvalue weighted by molar-refractivity contribution is 5.98. The van der Waals surface area contributed by atoms with Crippen molar-refractivity contribution in [1.29, 1.82) is 0 Å². The lowest BCUT2D eigenvalue weighted by Gasteiger charge is -1.98. The summed E-state index contributed by atoms with van der Waals surface area (Å²) in [6, 6.07) is 9.72. The van der Waals surface area contributed by atoms with Gasteiger partial charge in [-0.05, 0) is 31.1 Å². The first-order valence-corrected chi connectivity index (χ1v) is 5.67. The molecule has 0 unspecified atom stereocenters. The summed E-state index contributed by atoms with van der Waals surface area (Å²) in [7, 11) is 0. The molecule has 94 valence electrons. The van der Waals surface area contributed by atoms with E-state index in [0.717, 1.165) is 5.56 Å². The van der Waals surface area contributed by atoms with Crippen molar-refractivity contribution in [3.05, 3.63) is 53.6 Å². The van der Waals surface area contributed by atoms with Crippen LogP contribution in [0.2, 0.25) is 0 Å². The number of carbonyl (C=O) groups excluding carboxylic acids is 2. The largest absolute Gasteiger partial charge is 0.458 e. The van der Waals surface area contributed by atoms with E-state index in [1.807, 2.05) is 36.4 Å². The monoisotopic (exact) mass is 244 g/mol. The van der Waals surface area contributed by atoms with Crippen molar-refractivity contribution in [2.24, 2.45) is 0 Å². The van der Waals surface area contributed by atoms with Crippen molar-refractivity contribution in [2.45, 2.75) is 13.8 Å². The van der Waals surface area contributed by atoms with Gasteiger partial charge in [-0.3, -0.25) is 4.79 Å². The zero-order valence-electron chi connectivity index (χ0n) is 10.6.